The van der Waals surface area contributed by atoms with Crippen LogP contribution < -0.4 is 4.74 Å². The van der Waals surface area contributed by atoms with Gasteiger partial charge in [0.15, 0.2) is 5.82 Å². The smallest absolute Gasteiger partial charge is 0.166 e. The first-order chi connectivity index (χ1) is 8.66. The summed E-state index contributed by atoms with van der Waals surface area (Å²) in [5, 5.41) is 9.55. The molecule has 4 nitrogen and oxygen atoms in total. The third-order valence-corrected chi connectivity index (χ3v) is 2.40. The van der Waals surface area contributed by atoms with Gasteiger partial charge in [0.1, 0.15) is 18.2 Å². The molecule has 0 aliphatic carbocycles. The van der Waals surface area contributed by atoms with Gasteiger partial charge in [-0.15, -0.1) is 0 Å². The minimum Gasteiger partial charge on any atom is -0.485 e. The molecule has 0 aliphatic rings. The first-order valence-electron chi connectivity index (χ1n) is 5.53. The quantitative estimate of drug-likeness (QED) is 0.901. The summed E-state index contributed by atoms with van der Waals surface area (Å²) in [5.41, 5.74) is 0.408. The summed E-state index contributed by atoms with van der Waals surface area (Å²) < 4.78 is 18.6. The maximum absolute atomic E-state index is 13.1. The van der Waals surface area contributed by atoms with Crippen LogP contribution in [0.5, 0.6) is 5.75 Å². The minimum atomic E-state index is -0.799. The highest BCUT2D eigenvalue weighted by atomic mass is 19.1. The highest BCUT2D eigenvalue weighted by Gasteiger charge is 2.11. The van der Waals surface area contributed by atoms with Crippen LogP contribution in [0.2, 0.25) is 0 Å². The summed E-state index contributed by atoms with van der Waals surface area (Å²) in [6.45, 7) is 1.73. The second kappa shape index (κ2) is 5.55. The lowest BCUT2D eigenvalue weighted by atomic mass is 10.1. The fourth-order valence-corrected chi connectivity index (χ4v) is 1.52. The van der Waals surface area contributed by atoms with Crippen molar-refractivity contribution in [3.8, 4) is 5.75 Å². The van der Waals surface area contributed by atoms with Crippen LogP contribution >= 0.6 is 0 Å². The molecule has 1 aromatic heterocycles. The van der Waals surface area contributed by atoms with E-state index in [1.54, 1.807) is 25.4 Å². The molecule has 1 atom stereocenters. The molecule has 0 aliphatic heterocycles. The average Bonchev–Trinajstić information content (AvgIpc) is 2.38. The van der Waals surface area contributed by atoms with Crippen LogP contribution in [0.25, 0.3) is 0 Å². The SMILES string of the molecule is C[C@@H](O)c1cc(F)ccc1OCc1ncccn1. The van der Waals surface area contributed by atoms with E-state index in [0.717, 1.165) is 0 Å². The zero-order chi connectivity index (χ0) is 13.0. The van der Waals surface area contributed by atoms with E-state index in [1.807, 2.05) is 0 Å². The monoisotopic (exact) mass is 248 g/mol. The molecular weight excluding hydrogens is 235 g/mol. The van der Waals surface area contributed by atoms with Gasteiger partial charge in [0.2, 0.25) is 0 Å². The second-order valence-corrected chi connectivity index (χ2v) is 3.81. The van der Waals surface area contributed by atoms with Crippen molar-refractivity contribution in [2.24, 2.45) is 0 Å². The number of ether oxygens (including phenoxy) is 1. The molecule has 0 fully saturated rings. The molecule has 0 amide bonds. The van der Waals surface area contributed by atoms with E-state index in [1.165, 1.54) is 18.2 Å². The van der Waals surface area contributed by atoms with Gasteiger partial charge in [-0.05, 0) is 31.2 Å². The number of hydrogen-bond donors (Lipinski definition) is 1. The number of aromatic nitrogens is 2. The summed E-state index contributed by atoms with van der Waals surface area (Å²) in [4.78, 5) is 8.03. The Hall–Kier alpha value is -2.01. The van der Waals surface area contributed by atoms with E-state index in [2.05, 4.69) is 9.97 Å². The van der Waals surface area contributed by atoms with E-state index >= 15 is 0 Å². The van der Waals surface area contributed by atoms with Gasteiger partial charge in [-0.2, -0.15) is 0 Å². The predicted molar refractivity (Wildman–Crippen MR) is 63.4 cm³/mol. The van der Waals surface area contributed by atoms with E-state index in [0.29, 0.717) is 17.1 Å². The highest BCUT2D eigenvalue weighted by Crippen LogP contribution is 2.26. The number of aliphatic hydroxyl groups is 1. The van der Waals surface area contributed by atoms with Crippen molar-refractivity contribution >= 4 is 0 Å². The molecule has 5 heteroatoms. The molecule has 94 valence electrons. The van der Waals surface area contributed by atoms with Crippen molar-refractivity contribution in [2.75, 3.05) is 0 Å². The lowest BCUT2D eigenvalue weighted by Crippen LogP contribution is -2.04. The Kier molecular flexibility index (Phi) is 3.84. The van der Waals surface area contributed by atoms with Crippen molar-refractivity contribution in [1.29, 1.82) is 0 Å². The predicted octanol–water partition coefficient (Wildman–Crippen LogP) is 2.25. The van der Waals surface area contributed by atoms with Gasteiger partial charge in [-0.3, -0.25) is 0 Å². The van der Waals surface area contributed by atoms with Crippen molar-refractivity contribution in [1.82, 2.24) is 9.97 Å². The lowest BCUT2D eigenvalue weighted by molar-refractivity contribution is 0.189. The molecule has 2 rings (SSSR count). The summed E-state index contributed by atoms with van der Waals surface area (Å²) in [5.74, 6) is 0.548. The first-order valence-corrected chi connectivity index (χ1v) is 5.53. The third kappa shape index (κ3) is 3.01. The molecule has 0 spiro atoms. The Bertz CT molecular complexity index is 518. The maximum Gasteiger partial charge on any atom is 0.166 e. The summed E-state index contributed by atoms with van der Waals surface area (Å²) in [7, 11) is 0. The normalized spacial score (nSPS) is 12.2. The van der Waals surface area contributed by atoms with Gasteiger partial charge >= 0.3 is 0 Å². The van der Waals surface area contributed by atoms with Gasteiger partial charge in [-0.1, -0.05) is 0 Å². The van der Waals surface area contributed by atoms with Crippen LogP contribution in [0.3, 0.4) is 0 Å². The van der Waals surface area contributed by atoms with Crippen molar-refractivity contribution < 1.29 is 14.2 Å². The number of rotatable bonds is 4. The van der Waals surface area contributed by atoms with E-state index in [4.69, 9.17) is 4.74 Å². The zero-order valence-corrected chi connectivity index (χ0v) is 9.88. The van der Waals surface area contributed by atoms with Crippen LogP contribution in [0.4, 0.5) is 4.39 Å². The van der Waals surface area contributed by atoms with Crippen LogP contribution in [-0.2, 0) is 6.61 Å². The minimum absolute atomic E-state index is 0.173. The first kappa shape index (κ1) is 12.4. The molecule has 18 heavy (non-hydrogen) atoms. The highest BCUT2D eigenvalue weighted by molar-refractivity contribution is 5.35. The van der Waals surface area contributed by atoms with Gasteiger partial charge in [0.05, 0.1) is 6.10 Å². The average molecular weight is 248 g/mol. The van der Waals surface area contributed by atoms with Gasteiger partial charge in [0, 0.05) is 18.0 Å². The van der Waals surface area contributed by atoms with E-state index in [-0.39, 0.29) is 6.61 Å². The Balaban J connectivity index is 2.14. The lowest BCUT2D eigenvalue weighted by Gasteiger charge is -2.12. The molecule has 1 N–H and O–H groups in total. The molecule has 1 aromatic carbocycles. The molecule has 0 saturated heterocycles. The maximum atomic E-state index is 13.1. The number of hydrogen-bond acceptors (Lipinski definition) is 4. The summed E-state index contributed by atoms with van der Waals surface area (Å²) in [6, 6.07) is 5.74. The Labute approximate surface area is 104 Å². The van der Waals surface area contributed by atoms with Gasteiger partial charge in [0.25, 0.3) is 0 Å². The van der Waals surface area contributed by atoms with Crippen LogP contribution in [-0.4, -0.2) is 15.1 Å². The van der Waals surface area contributed by atoms with E-state index < -0.39 is 11.9 Å². The Morgan fingerprint density at radius 3 is 2.72 bits per heavy atom. The van der Waals surface area contributed by atoms with Crippen molar-refractivity contribution in [2.45, 2.75) is 19.6 Å². The molecular formula is C13H13FN2O2. The fraction of sp³-hybridized carbons (Fsp3) is 0.231. The molecule has 0 unspecified atom stereocenters. The standard InChI is InChI=1S/C13H13FN2O2/c1-9(17)11-7-10(14)3-4-12(11)18-8-13-15-5-2-6-16-13/h2-7,9,17H,8H2,1H3/t9-/m1/s1. The molecule has 0 bridgehead atoms. The fourth-order valence-electron chi connectivity index (χ4n) is 1.52. The number of nitrogens with zero attached hydrogens (tertiary/aromatic N) is 2. The van der Waals surface area contributed by atoms with Crippen LogP contribution in [0, 0.1) is 5.82 Å². The van der Waals surface area contributed by atoms with Gasteiger partial charge in [-0.25, -0.2) is 14.4 Å². The number of halogens is 1. The molecule has 0 radical (unpaired) electrons. The molecule has 1 heterocycles. The van der Waals surface area contributed by atoms with Crippen LogP contribution in [0.1, 0.15) is 24.4 Å². The third-order valence-electron chi connectivity index (χ3n) is 2.40. The Morgan fingerprint density at radius 1 is 1.33 bits per heavy atom. The van der Waals surface area contributed by atoms with E-state index in [9.17, 15) is 9.50 Å². The van der Waals surface area contributed by atoms with Crippen molar-refractivity contribution in [3.05, 3.63) is 53.9 Å². The second-order valence-electron chi connectivity index (χ2n) is 3.81. The number of aliphatic hydroxyl groups excluding tert-OH is 1. The largest absolute Gasteiger partial charge is 0.485 e. The zero-order valence-electron chi connectivity index (χ0n) is 9.88. The topological polar surface area (TPSA) is 55.2 Å². The Morgan fingerprint density at radius 2 is 2.06 bits per heavy atom. The summed E-state index contributed by atoms with van der Waals surface area (Å²) in [6.07, 6.45) is 2.44. The summed E-state index contributed by atoms with van der Waals surface area (Å²) >= 11 is 0. The van der Waals surface area contributed by atoms with Crippen molar-refractivity contribution in [3.63, 3.8) is 0 Å². The molecule has 2 aromatic rings. The van der Waals surface area contributed by atoms with Gasteiger partial charge < -0.3 is 9.84 Å². The number of benzene rings is 1. The molecule has 0 saturated carbocycles. The van der Waals surface area contributed by atoms with Crippen LogP contribution in [0.15, 0.2) is 36.7 Å².